The third kappa shape index (κ3) is 4.12. The second kappa shape index (κ2) is 6.95. The molecule has 1 N–H and O–H groups in total. The van der Waals surface area contributed by atoms with E-state index in [9.17, 15) is 0 Å². The van der Waals surface area contributed by atoms with Crippen LogP contribution in [0.4, 0.5) is 0 Å². The summed E-state index contributed by atoms with van der Waals surface area (Å²) in [4.78, 5) is 0. The van der Waals surface area contributed by atoms with Crippen LogP contribution in [-0.2, 0) is 11.3 Å². The SMILES string of the molecule is COCCC(C)(C)CNCc1cccc2c1OCCO2. The molecule has 1 aromatic carbocycles. The number of fused-ring (bicyclic) bond motifs is 1. The van der Waals surface area contributed by atoms with Crippen molar-refractivity contribution < 1.29 is 14.2 Å². The molecule has 0 fully saturated rings. The smallest absolute Gasteiger partial charge is 0.165 e. The average Bonchev–Trinajstić information content (AvgIpc) is 2.45. The van der Waals surface area contributed by atoms with E-state index in [2.05, 4.69) is 25.2 Å². The lowest BCUT2D eigenvalue weighted by molar-refractivity contribution is 0.150. The maximum Gasteiger partial charge on any atom is 0.165 e. The predicted molar refractivity (Wildman–Crippen MR) is 79.4 cm³/mol. The van der Waals surface area contributed by atoms with Crippen molar-refractivity contribution in [2.45, 2.75) is 26.8 Å². The van der Waals surface area contributed by atoms with Crippen LogP contribution in [0.15, 0.2) is 18.2 Å². The van der Waals surface area contributed by atoms with Gasteiger partial charge in [-0.05, 0) is 17.9 Å². The number of methoxy groups -OCH3 is 1. The van der Waals surface area contributed by atoms with Gasteiger partial charge in [-0.2, -0.15) is 0 Å². The Morgan fingerprint density at radius 3 is 2.85 bits per heavy atom. The van der Waals surface area contributed by atoms with Crippen LogP contribution in [-0.4, -0.2) is 33.5 Å². The van der Waals surface area contributed by atoms with Gasteiger partial charge < -0.3 is 19.5 Å². The number of para-hydroxylation sites is 1. The first kappa shape index (κ1) is 15.1. The van der Waals surface area contributed by atoms with Gasteiger partial charge in [-0.1, -0.05) is 26.0 Å². The van der Waals surface area contributed by atoms with E-state index >= 15 is 0 Å². The Balaban J connectivity index is 1.88. The molecule has 0 spiro atoms. The summed E-state index contributed by atoms with van der Waals surface area (Å²) in [6.07, 6.45) is 1.04. The Morgan fingerprint density at radius 1 is 1.25 bits per heavy atom. The molecular weight excluding hydrogens is 254 g/mol. The molecule has 1 aliphatic heterocycles. The molecular formula is C16H25NO3. The summed E-state index contributed by atoms with van der Waals surface area (Å²) in [6, 6.07) is 6.06. The standard InChI is InChI=1S/C16H25NO3/c1-16(2,7-8-18-3)12-17-11-13-5-4-6-14-15(13)20-10-9-19-14/h4-6,17H,7-12H2,1-3H3. The highest BCUT2D eigenvalue weighted by Crippen LogP contribution is 2.33. The highest BCUT2D eigenvalue weighted by molar-refractivity contribution is 5.47. The first-order chi connectivity index (χ1) is 9.62. The highest BCUT2D eigenvalue weighted by Gasteiger charge is 2.19. The lowest BCUT2D eigenvalue weighted by Crippen LogP contribution is -2.30. The van der Waals surface area contributed by atoms with Crippen molar-refractivity contribution in [3.8, 4) is 11.5 Å². The van der Waals surface area contributed by atoms with Crippen LogP contribution in [0, 0.1) is 5.41 Å². The Morgan fingerprint density at radius 2 is 2.05 bits per heavy atom. The van der Waals surface area contributed by atoms with Crippen LogP contribution >= 0.6 is 0 Å². The van der Waals surface area contributed by atoms with E-state index in [4.69, 9.17) is 14.2 Å². The zero-order valence-corrected chi connectivity index (χ0v) is 12.7. The fourth-order valence-electron chi connectivity index (χ4n) is 2.28. The van der Waals surface area contributed by atoms with Crippen LogP contribution in [0.2, 0.25) is 0 Å². The first-order valence-electron chi connectivity index (χ1n) is 7.19. The summed E-state index contributed by atoms with van der Waals surface area (Å²) in [5.74, 6) is 1.75. The molecule has 1 heterocycles. The van der Waals surface area contributed by atoms with Crippen LogP contribution in [0.25, 0.3) is 0 Å². The largest absolute Gasteiger partial charge is 0.486 e. The second-order valence-corrected chi connectivity index (χ2v) is 5.95. The van der Waals surface area contributed by atoms with Gasteiger partial charge in [0.2, 0.25) is 0 Å². The normalized spacial score (nSPS) is 14.3. The van der Waals surface area contributed by atoms with Gasteiger partial charge in [0.1, 0.15) is 13.2 Å². The van der Waals surface area contributed by atoms with Crippen LogP contribution < -0.4 is 14.8 Å². The molecule has 4 nitrogen and oxygen atoms in total. The molecule has 0 aliphatic carbocycles. The fraction of sp³-hybridized carbons (Fsp3) is 0.625. The summed E-state index contributed by atoms with van der Waals surface area (Å²) < 4.78 is 16.5. The van der Waals surface area contributed by atoms with Crippen LogP contribution in [0.5, 0.6) is 11.5 Å². The van der Waals surface area contributed by atoms with E-state index in [1.807, 2.05) is 12.1 Å². The first-order valence-corrected chi connectivity index (χ1v) is 7.19. The molecule has 0 unspecified atom stereocenters. The van der Waals surface area contributed by atoms with Crippen LogP contribution in [0.1, 0.15) is 25.8 Å². The van der Waals surface area contributed by atoms with Crippen molar-refractivity contribution in [2.24, 2.45) is 5.41 Å². The maximum atomic E-state index is 5.72. The summed E-state index contributed by atoms with van der Waals surface area (Å²) in [6.45, 7) is 8.30. The number of ether oxygens (including phenoxy) is 3. The van der Waals surface area contributed by atoms with Gasteiger partial charge >= 0.3 is 0 Å². The van der Waals surface area contributed by atoms with Gasteiger partial charge in [-0.15, -0.1) is 0 Å². The zero-order valence-electron chi connectivity index (χ0n) is 12.7. The third-order valence-electron chi connectivity index (χ3n) is 3.55. The molecule has 0 amide bonds. The number of benzene rings is 1. The topological polar surface area (TPSA) is 39.7 Å². The van der Waals surface area contributed by atoms with Crippen molar-refractivity contribution in [2.75, 3.05) is 33.5 Å². The molecule has 1 aromatic rings. The highest BCUT2D eigenvalue weighted by atomic mass is 16.6. The third-order valence-corrected chi connectivity index (χ3v) is 3.55. The van der Waals surface area contributed by atoms with Crippen molar-refractivity contribution in [1.29, 1.82) is 0 Å². The Kier molecular flexibility index (Phi) is 5.26. The molecule has 0 atom stereocenters. The molecule has 112 valence electrons. The quantitative estimate of drug-likeness (QED) is 0.833. The molecule has 20 heavy (non-hydrogen) atoms. The Labute approximate surface area is 121 Å². The molecule has 2 rings (SSSR count). The van der Waals surface area contributed by atoms with Crippen molar-refractivity contribution in [1.82, 2.24) is 5.32 Å². The van der Waals surface area contributed by atoms with Gasteiger partial charge in [0.05, 0.1) is 0 Å². The maximum absolute atomic E-state index is 5.72. The zero-order chi connectivity index (χ0) is 14.4. The fourth-order valence-corrected chi connectivity index (χ4v) is 2.28. The molecule has 0 radical (unpaired) electrons. The van der Waals surface area contributed by atoms with Crippen molar-refractivity contribution >= 4 is 0 Å². The average molecular weight is 279 g/mol. The molecule has 0 aromatic heterocycles. The van der Waals surface area contributed by atoms with Crippen molar-refractivity contribution in [3.63, 3.8) is 0 Å². The summed E-state index contributed by atoms with van der Waals surface area (Å²) in [5.41, 5.74) is 1.38. The number of nitrogens with one attached hydrogen (secondary N) is 1. The summed E-state index contributed by atoms with van der Waals surface area (Å²) >= 11 is 0. The van der Waals surface area contributed by atoms with Gasteiger partial charge in [-0.25, -0.2) is 0 Å². The predicted octanol–water partition coefficient (Wildman–Crippen LogP) is 2.61. The van der Waals surface area contributed by atoms with E-state index in [-0.39, 0.29) is 5.41 Å². The van der Waals surface area contributed by atoms with Crippen LogP contribution in [0.3, 0.4) is 0 Å². The van der Waals surface area contributed by atoms with Gasteiger partial charge in [0, 0.05) is 32.4 Å². The number of hydrogen-bond donors (Lipinski definition) is 1. The monoisotopic (exact) mass is 279 g/mol. The lowest BCUT2D eigenvalue weighted by atomic mass is 9.89. The van der Waals surface area contributed by atoms with E-state index in [1.165, 1.54) is 0 Å². The molecule has 0 bridgehead atoms. The summed E-state index contributed by atoms with van der Waals surface area (Å²) in [5, 5.41) is 3.51. The number of rotatable bonds is 7. The minimum atomic E-state index is 0.224. The molecule has 0 saturated carbocycles. The van der Waals surface area contributed by atoms with E-state index < -0.39 is 0 Å². The van der Waals surface area contributed by atoms with E-state index in [0.29, 0.717) is 13.2 Å². The molecule has 0 saturated heterocycles. The Hall–Kier alpha value is -1.26. The number of hydrogen-bond acceptors (Lipinski definition) is 4. The van der Waals surface area contributed by atoms with Gasteiger partial charge in [0.15, 0.2) is 11.5 Å². The Bertz CT molecular complexity index is 432. The second-order valence-electron chi connectivity index (χ2n) is 5.95. The van der Waals surface area contributed by atoms with Gasteiger partial charge in [-0.3, -0.25) is 0 Å². The molecule has 1 aliphatic rings. The summed E-state index contributed by atoms with van der Waals surface area (Å²) in [7, 11) is 1.75. The molecule has 4 heteroatoms. The lowest BCUT2D eigenvalue weighted by Gasteiger charge is -2.25. The van der Waals surface area contributed by atoms with E-state index in [0.717, 1.165) is 43.2 Å². The van der Waals surface area contributed by atoms with E-state index in [1.54, 1.807) is 7.11 Å². The van der Waals surface area contributed by atoms with Gasteiger partial charge in [0.25, 0.3) is 0 Å². The minimum absolute atomic E-state index is 0.224. The van der Waals surface area contributed by atoms with Crippen molar-refractivity contribution in [3.05, 3.63) is 23.8 Å². The minimum Gasteiger partial charge on any atom is -0.486 e.